The van der Waals surface area contributed by atoms with Gasteiger partial charge in [0, 0.05) is 38.8 Å². The minimum absolute atomic E-state index is 0.350. The minimum atomic E-state index is 0.350. The Morgan fingerprint density at radius 3 is 2.74 bits per heavy atom. The molecule has 6 heteroatoms. The molecule has 1 amide bonds. The fourth-order valence-corrected chi connectivity index (χ4v) is 4.59. The first-order valence-corrected chi connectivity index (χ1v) is 9.35. The molecular formula is C17H22N4OS. The largest absolute Gasteiger partial charge is 0.344 e. The van der Waals surface area contributed by atoms with Gasteiger partial charge in [0.05, 0.1) is 0 Å². The van der Waals surface area contributed by atoms with Crippen molar-refractivity contribution < 1.29 is 4.79 Å². The molecule has 0 aromatic carbocycles. The van der Waals surface area contributed by atoms with Crippen molar-refractivity contribution in [2.24, 2.45) is 5.92 Å². The van der Waals surface area contributed by atoms with Crippen molar-refractivity contribution in [2.45, 2.75) is 32.1 Å². The van der Waals surface area contributed by atoms with Crippen molar-refractivity contribution in [1.82, 2.24) is 14.9 Å². The van der Waals surface area contributed by atoms with Gasteiger partial charge in [-0.15, -0.1) is 0 Å². The van der Waals surface area contributed by atoms with Crippen LogP contribution >= 0.6 is 11.3 Å². The van der Waals surface area contributed by atoms with Crippen molar-refractivity contribution >= 4 is 32.7 Å². The lowest BCUT2D eigenvalue weighted by molar-refractivity contribution is -0.132. The molecule has 0 unspecified atom stereocenters. The summed E-state index contributed by atoms with van der Waals surface area (Å²) in [6, 6.07) is 3.93. The molecule has 23 heavy (non-hydrogen) atoms. The van der Waals surface area contributed by atoms with Crippen LogP contribution < -0.4 is 4.90 Å². The van der Waals surface area contributed by atoms with Crippen LogP contribution in [-0.4, -0.2) is 47.0 Å². The molecule has 1 aliphatic heterocycles. The summed E-state index contributed by atoms with van der Waals surface area (Å²) in [4.78, 5) is 26.8. The Morgan fingerprint density at radius 1 is 1.22 bits per heavy atom. The highest BCUT2D eigenvalue weighted by Gasteiger charge is 2.26. The number of pyridine rings is 1. The molecule has 3 heterocycles. The second kappa shape index (κ2) is 6.43. The summed E-state index contributed by atoms with van der Waals surface area (Å²) in [5.74, 6) is 0.985. The summed E-state index contributed by atoms with van der Waals surface area (Å²) < 4.78 is 0. The number of carbonyl (C=O) groups is 1. The quantitative estimate of drug-likeness (QED) is 0.868. The van der Waals surface area contributed by atoms with Gasteiger partial charge in [-0.05, 0) is 30.9 Å². The van der Waals surface area contributed by atoms with Crippen molar-refractivity contribution in [3.05, 3.63) is 18.3 Å². The maximum atomic E-state index is 12.4. The lowest BCUT2D eigenvalue weighted by atomic mass is 10.0. The average molecular weight is 330 g/mol. The molecule has 0 radical (unpaired) electrons. The number of carbonyl (C=O) groups excluding carboxylic acids is 1. The van der Waals surface area contributed by atoms with Crippen molar-refractivity contribution in [3.8, 4) is 0 Å². The molecule has 1 saturated carbocycles. The number of thiazole rings is 1. The number of amides is 1. The average Bonchev–Trinajstić information content (AvgIpc) is 3.24. The summed E-state index contributed by atoms with van der Waals surface area (Å²) >= 11 is 1.64. The Kier molecular flexibility index (Phi) is 4.16. The molecule has 2 aromatic heterocycles. The van der Waals surface area contributed by atoms with Crippen LogP contribution in [0.1, 0.15) is 32.1 Å². The molecule has 2 aliphatic rings. The van der Waals surface area contributed by atoms with Gasteiger partial charge in [0.2, 0.25) is 5.91 Å². The molecule has 1 aliphatic carbocycles. The van der Waals surface area contributed by atoms with Crippen LogP contribution in [0.5, 0.6) is 0 Å². The number of hydrogen-bond donors (Lipinski definition) is 0. The third kappa shape index (κ3) is 3.17. The predicted octanol–water partition coefficient (Wildman–Crippen LogP) is 2.92. The molecule has 4 rings (SSSR count). The summed E-state index contributed by atoms with van der Waals surface area (Å²) in [6.07, 6.45) is 7.65. The molecule has 2 aromatic rings. The fraction of sp³-hybridized carbons (Fsp3) is 0.588. The molecule has 0 atom stereocenters. The Bertz CT molecular complexity index is 654. The third-order valence-corrected chi connectivity index (χ3v) is 6.04. The molecule has 0 N–H and O–H groups in total. The van der Waals surface area contributed by atoms with Crippen molar-refractivity contribution in [2.75, 3.05) is 31.1 Å². The summed E-state index contributed by atoms with van der Waals surface area (Å²) in [7, 11) is 0. The van der Waals surface area contributed by atoms with Gasteiger partial charge in [-0.1, -0.05) is 24.2 Å². The topological polar surface area (TPSA) is 49.3 Å². The van der Waals surface area contributed by atoms with Crippen molar-refractivity contribution in [1.29, 1.82) is 0 Å². The molecule has 2 fully saturated rings. The normalized spacial score (nSPS) is 19.7. The zero-order valence-electron chi connectivity index (χ0n) is 13.3. The Morgan fingerprint density at radius 2 is 2.00 bits per heavy atom. The third-order valence-electron chi connectivity index (χ3n) is 5.00. The first kappa shape index (κ1) is 14.9. The van der Waals surface area contributed by atoms with E-state index < -0.39 is 0 Å². The lowest BCUT2D eigenvalue weighted by Crippen LogP contribution is -2.49. The number of piperazine rings is 1. The van der Waals surface area contributed by atoms with E-state index in [2.05, 4.69) is 14.9 Å². The Hall–Kier alpha value is -1.69. The minimum Gasteiger partial charge on any atom is -0.344 e. The number of anilines is 1. The van der Waals surface area contributed by atoms with Gasteiger partial charge < -0.3 is 9.80 Å². The van der Waals surface area contributed by atoms with Gasteiger partial charge in [-0.25, -0.2) is 9.97 Å². The fourth-order valence-electron chi connectivity index (χ4n) is 3.63. The monoisotopic (exact) mass is 330 g/mol. The molecule has 0 bridgehead atoms. The van der Waals surface area contributed by atoms with E-state index in [1.807, 2.05) is 23.2 Å². The number of fused-ring (bicyclic) bond motifs is 1. The van der Waals surface area contributed by atoms with E-state index in [1.165, 1.54) is 25.7 Å². The van der Waals surface area contributed by atoms with Crippen LogP contribution in [0.25, 0.3) is 10.3 Å². The molecule has 1 saturated heterocycles. The molecule has 122 valence electrons. The highest BCUT2D eigenvalue weighted by Crippen LogP contribution is 2.29. The van der Waals surface area contributed by atoms with E-state index in [0.29, 0.717) is 11.8 Å². The zero-order valence-corrected chi connectivity index (χ0v) is 14.1. The zero-order chi connectivity index (χ0) is 15.6. The maximum Gasteiger partial charge on any atom is 0.222 e. The maximum absolute atomic E-state index is 12.4. The van der Waals surface area contributed by atoms with Gasteiger partial charge in [0.1, 0.15) is 10.3 Å². The lowest BCUT2D eigenvalue weighted by Gasteiger charge is -2.35. The SMILES string of the molecule is O=C(CC1CCCC1)N1CCN(c2nc3cccnc3s2)CC1. The summed E-state index contributed by atoms with van der Waals surface area (Å²) in [5.41, 5.74) is 0.965. The van der Waals surface area contributed by atoms with E-state index in [0.717, 1.165) is 48.1 Å². The van der Waals surface area contributed by atoms with E-state index in [1.54, 1.807) is 11.3 Å². The molecular weight excluding hydrogens is 308 g/mol. The van der Waals surface area contributed by atoms with Crippen LogP contribution in [-0.2, 0) is 4.79 Å². The van der Waals surface area contributed by atoms with Gasteiger partial charge in [0.25, 0.3) is 0 Å². The second-order valence-corrected chi connectivity index (χ2v) is 7.50. The van der Waals surface area contributed by atoms with E-state index >= 15 is 0 Å². The predicted molar refractivity (Wildman–Crippen MR) is 92.8 cm³/mol. The Labute approximate surface area is 140 Å². The highest BCUT2D eigenvalue weighted by atomic mass is 32.1. The number of nitrogens with zero attached hydrogens (tertiary/aromatic N) is 4. The van der Waals surface area contributed by atoms with Crippen LogP contribution in [0.4, 0.5) is 5.13 Å². The van der Waals surface area contributed by atoms with Gasteiger partial charge in [-0.2, -0.15) is 0 Å². The number of aromatic nitrogens is 2. The van der Waals surface area contributed by atoms with Crippen LogP contribution in [0.15, 0.2) is 18.3 Å². The van der Waals surface area contributed by atoms with Crippen LogP contribution in [0.3, 0.4) is 0 Å². The Balaban J connectivity index is 1.35. The number of rotatable bonds is 3. The van der Waals surface area contributed by atoms with Crippen LogP contribution in [0, 0.1) is 5.92 Å². The first-order chi connectivity index (χ1) is 11.3. The molecule has 5 nitrogen and oxygen atoms in total. The van der Waals surface area contributed by atoms with Crippen molar-refractivity contribution in [3.63, 3.8) is 0 Å². The highest BCUT2D eigenvalue weighted by molar-refractivity contribution is 7.21. The van der Waals surface area contributed by atoms with E-state index in [4.69, 9.17) is 0 Å². The van der Waals surface area contributed by atoms with Crippen LogP contribution in [0.2, 0.25) is 0 Å². The standard InChI is InChI=1S/C17H22N4OS/c22-15(12-13-4-1-2-5-13)20-8-10-21(11-9-20)17-19-14-6-3-7-18-16(14)23-17/h3,6-7,13H,1-2,4-5,8-12H2. The van der Waals surface area contributed by atoms with E-state index in [9.17, 15) is 4.79 Å². The van der Waals surface area contributed by atoms with Gasteiger partial charge in [0.15, 0.2) is 5.13 Å². The second-order valence-electron chi connectivity index (χ2n) is 6.55. The van der Waals surface area contributed by atoms with Gasteiger partial charge >= 0.3 is 0 Å². The first-order valence-electron chi connectivity index (χ1n) is 8.54. The molecule has 0 spiro atoms. The summed E-state index contributed by atoms with van der Waals surface area (Å²) in [6.45, 7) is 3.37. The van der Waals surface area contributed by atoms with E-state index in [-0.39, 0.29) is 0 Å². The number of hydrogen-bond acceptors (Lipinski definition) is 5. The summed E-state index contributed by atoms with van der Waals surface area (Å²) in [5, 5.41) is 1.03. The van der Waals surface area contributed by atoms with Gasteiger partial charge in [-0.3, -0.25) is 4.79 Å². The smallest absolute Gasteiger partial charge is 0.222 e.